The lowest BCUT2D eigenvalue weighted by Crippen LogP contribution is -2.49. The van der Waals surface area contributed by atoms with Crippen molar-refractivity contribution in [3.8, 4) is 5.75 Å². The molecule has 0 N–H and O–H groups in total. The molecule has 0 radical (unpaired) electrons. The number of anilines is 1. The molecule has 3 rings (SSSR count). The average molecular weight is 368 g/mol. The van der Waals surface area contributed by atoms with Crippen LogP contribution in [0.15, 0.2) is 30.6 Å². The van der Waals surface area contributed by atoms with Crippen LogP contribution in [0.1, 0.15) is 29.7 Å². The Labute approximate surface area is 161 Å². The van der Waals surface area contributed by atoms with Crippen LogP contribution >= 0.6 is 0 Å². The zero-order valence-corrected chi connectivity index (χ0v) is 16.4. The van der Waals surface area contributed by atoms with Gasteiger partial charge < -0.3 is 14.5 Å². The normalized spacial score (nSPS) is 14.3. The predicted octanol–water partition coefficient (Wildman–Crippen LogP) is 2.91. The Kier molecular flexibility index (Phi) is 6.27. The second-order valence-corrected chi connectivity index (χ2v) is 7.06. The molecule has 6 nitrogen and oxygen atoms in total. The molecule has 2 heterocycles. The van der Waals surface area contributed by atoms with Crippen molar-refractivity contribution < 1.29 is 9.53 Å². The molecule has 1 aromatic heterocycles. The number of rotatable bonds is 6. The van der Waals surface area contributed by atoms with E-state index < -0.39 is 0 Å². The first-order valence-corrected chi connectivity index (χ1v) is 9.55. The van der Waals surface area contributed by atoms with Crippen molar-refractivity contribution in [1.82, 2.24) is 14.9 Å². The molecule has 144 valence electrons. The van der Waals surface area contributed by atoms with Crippen LogP contribution in [0.2, 0.25) is 0 Å². The Hall–Kier alpha value is -2.63. The van der Waals surface area contributed by atoms with Crippen molar-refractivity contribution in [2.75, 3.05) is 37.7 Å². The monoisotopic (exact) mass is 368 g/mol. The number of para-hydroxylation sites is 1. The first kappa shape index (κ1) is 19.1. The highest BCUT2D eigenvalue weighted by Crippen LogP contribution is 2.22. The highest BCUT2D eigenvalue weighted by Gasteiger charge is 2.21. The number of nitrogens with zero attached hydrogens (tertiary/aromatic N) is 4. The number of aryl methyl sites for hydroxylation is 3. The van der Waals surface area contributed by atoms with E-state index in [1.165, 1.54) is 0 Å². The second-order valence-electron chi connectivity index (χ2n) is 7.06. The van der Waals surface area contributed by atoms with Crippen LogP contribution in [-0.4, -0.2) is 53.6 Å². The number of carbonyl (C=O) groups is 1. The van der Waals surface area contributed by atoms with Crippen LogP contribution in [0, 0.1) is 20.8 Å². The maximum absolute atomic E-state index is 12.5. The molecular formula is C21H28N4O2. The number of carbonyl (C=O) groups excluding carboxylic acids is 1. The molecule has 0 atom stereocenters. The topological polar surface area (TPSA) is 58.6 Å². The Bertz CT molecular complexity index is 765. The molecule has 1 aliphatic heterocycles. The fraction of sp³-hybridized carbons (Fsp3) is 0.476. The molecule has 0 unspecified atom stereocenters. The zero-order chi connectivity index (χ0) is 19.2. The molecule has 1 aliphatic rings. The molecule has 1 amide bonds. The van der Waals surface area contributed by atoms with E-state index in [-0.39, 0.29) is 5.91 Å². The van der Waals surface area contributed by atoms with Gasteiger partial charge in [0.15, 0.2) is 0 Å². The summed E-state index contributed by atoms with van der Waals surface area (Å²) in [7, 11) is 0. The van der Waals surface area contributed by atoms with Gasteiger partial charge >= 0.3 is 0 Å². The van der Waals surface area contributed by atoms with E-state index in [1.807, 2.05) is 49.9 Å². The third kappa shape index (κ3) is 4.96. The summed E-state index contributed by atoms with van der Waals surface area (Å²) in [6.07, 6.45) is 2.85. The van der Waals surface area contributed by atoms with Gasteiger partial charge in [-0.2, -0.15) is 0 Å². The van der Waals surface area contributed by atoms with Crippen LogP contribution in [0.3, 0.4) is 0 Å². The van der Waals surface area contributed by atoms with Gasteiger partial charge in [0.2, 0.25) is 5.91 Å². The summed E-state index contributed by atoms with van der Waals surface area (Å²) in [4.78, 5) is 25.1. The van der Waals surface area contributed by atoms with Gasteiger partial charge in [0.25, 0.3) is 0 Å². The number of hydrogen-bond acceptors (Lipinski definition) is 5. The van der Waals surface area contributed by atoms with Crippen LogP contribution in [0.4, 0.5) is 5.82 Å². The predicted molar refractivity (Wildman–Crippen MR) is 106 cm³/mol. The Morgan fingerprint density at radius 2 is 1.78 bits per heavy atom. The number of amides is 1. The van der Waals surface area contributed by atoms with Crippen LogP contribution in [0.25, 0.3) is 0 Å². The lowest BCUT2D eigenvalue weighted by Gasteiger charge is -2.35. The first-order chi connectivity index (χ1) is 13.0. The Morgan fingerprint density at radius 3 is 2.44 bits per heavy atom. The zero-order valence-electron chi connectivity index (χ0n) is 16.4. The summed E-state index contributed by atoms with van der Waals surface area (Å²) in [6, 6.07) is 8.12. The van der Waals surface area contributed by atoms with E-state index in [2.05, 4.69) is 14.9 Å². The number of piperazine rings is 1. The van der Waals surface area contributed by atoms with Gasteiger partial charge in [-0.25, -0.2) is 9.97 Å². The number of ether oxygens (including phenoxy) is 1. The third-order valence-electron chi connectivity index (χ3n) is 4.94. The Balaban J connectivity index is 1.41. The van der Waals surface area contributed by atoms with Crippen molar-refractivity contribution in [1.29, 1.82) is 0 Å². The molecule has 0 aliphatic carbocycles. The molecule has 1 fully saturated rings. The molecule has 0 saturated carbocycles. The lowest BCUT2D eigenvalue weighted by molar-refractivity contribution is -0.131. The summed E-state index contributed by atoms with van der Waals surface area (Å²) in [5, 5.41) is 0. The summed E-state index contributed by atoms with van der Waals surface area (Å²) in [5.74, 6) is 2.09. The minimum absolute atomic E-state index is 0.207. The molecular weight excluding hydrogens is 340 g/mol. The maximum Gasteiger partial charge on any atom is 0.222 e. The fourth-order valence-electron chi connectivity index (χ4n) is 3.38. The number of aromatic nitrogens is 2. The standard InChI is InChI=1S/C21H28N4O2/c1-16-6-4-7-17(2)21(16)27-13-5-8-20(26)25-11-9-24(10-12-25)19-14-18(3)22-15-23-19/h4,6-7,14-15H,5,8-13H2,1-3H3. The van der Waals surface area contributed by atoms with Crippen molar-refractivity contribution in [2.45, 2.75) is 33.6 Å². The van der Waals surface area contributed by atoms with E-state index in [1.54, 1.807) is 6.33 Å². The largest absolute Gasteiger partial charge is 0.493 e. The molecule has 0 spiro atoms. The number of hydrogen-bond donors (Lipinski definition) is 0. The van der Waals surface area contributed by atoms with Gasteiger partial charge in [-0.15, -0.1) is 0 Å². The molecule has 2 aromatic rings. The second kappa shape index (κ2) is 8.84. The van der Waals surface area contributed by atoms with Crippen molar-refractivity contribution in [2.24, 2.45) is 0 Å². The van der Waals surface area contributed by atoms with E-state index >= 15 is 0 Å². The van der Waals surface area contributed by atoms with Crippen LogP contribution in [0.5, 0.6) is 5.75 Å². The van der Waals surface area contributed by atoms with Crippen molar-refractivity contribution in [3.63, 3.8) is 0 Å². The lowest BCUT2D eigenvalue weighted by atomic mass is 10.1. The van der Waals surface area contributed by atoms with E-state index in [0.29, 0.717) is 13.0 Å². The van der Waals surface area contributed by atoms with Gasteiger partial charge in [0.05, 0.1) is 6.61 Å². The molecule has 1 aromatic carbocycles. The average Bonchev–Trinajstić information content (AvgIpc) is 2.67. The molecule has 1 saturated heterocycles. The summed E-state index contributed by atoms with van der Waals surface area (Å²) in [5.41, 5.74) is 3.23. The molecule has 0 bridgehead atoms. The van der Waals surface area contributed by atoms with Gasteiger partial charge in [0, 0.05) is 44.4 Å². The SMILES string of the molecule is Cc1cc(N2CCN(C(=O)CCCOc3c(C)cccc3C)CC2)ncn1. The van der Waals surface area contributed by atoms with E-state index in [9.17, 15) is 4.79 Å². The van der Waals surface area contributed by atoms with Gasteiger partial charge in [-0.05, 0) is 38.3 Å². The maximum atomic E-state index is 12.5. The minimum atomic E-state index is 0.207. The quantitative estimate of drug-likeness (QED) is 0.734. The van der Waals surface area contributed by atoms with Crippen LogP contribution < -0.4 is 9.64 Å². The van der Waals surface area contributed by atoms with Gasteiger partial charge in [0.1, 0.15) is 17.9 Å². The van der Waals surface area contributed by atoms with Gasteiger partial charge in [-0.1, -0.05) is 18.2 Å². The Morgan fingerprint density at radius 1 is 1.07 bits per heavy atom. The summed E-state index contributed by atoms with van der Waals surface area (Å²) in [6.45, 7) is 9.71. The molecule has 6 heteroatoms. The van der Waals surface area contributed by atoms with Crippen molar-refractivity contribution >= 4 is 11.7 Å². The minimum Gasteiger partial charge on any atom is -0.493 e. The smallest absolute Gasteiger partial charge is 0.222 e. The van der Waals surface area contributed by atoms with E-state index in [0.717, 1.165) is 61.0 Å². The third-order valence-corrected chi connectivity index (χ3v) is 4.94. The van der Waals surface area contributed by atoms with Gasteiger partial charge in [-0.3, -0.25) is 4.79 Å². The highest BCUT2D eigenvalue weighted by atomic mass is 16.5. The highest BCUT2D eigenvalue weighted by molar-refractivity contribution is 5.76. The molecule has 27 heavy (non-hydrogen) atoms. The first-order valence-electron chi connectivity index (χ1n) is 9.55. The fourth-order valence-corrected chi connectivity index (χ4v) is 3.38. The summed E-state index contributed by atoms with van der Waals surface area (Å²) >= 11 is 0. The van der Waals surface area contributed by atoms with E-state index in [4.69, 9.17) is 4.74 Å². The van der Waals surface area contributed by atoms with Crippen molar-refractivity contribution in [3.05, 3.63) is 47.4 Å². The number of benzene rings is 1. The summed E-state index contributed by atoms with van der Waals surface area (Å²) < 4.78 is 5.90. The van der Waals surface area contributed by atoms with Crippen LogP contribution in [-0.2, 0) is 4.79 Å².